The van der Waals surface area contributed by atoms with Crippen molar-refractivity contribution in [1.29, 1.82) is 0 Å². The van der Waals surface area contributed by atoms with Gasteiger partial charge in [0.1, 0.15) is 0 Å². The van der Waals surface area contributed by atoms with E-state index in [1.807, 2.05) is 0 Å². The van der Waals surface area contributed by atoms with Gasteiger partial charge in [-0.2, -0.15) is 0 Å². The van der Waals surface area contributed by atoms with E-state index in [-0.39, 0.29) is 24.0 Å². The maximum Gasteiger partial charge on any atom is 0.193 e. The van der Waals surface area contributed by atoms with Crippen LogP contribution in [0.2, 0.25) is 0 Å². The highest BCUT2D eigenvalue weighted by Crippen LogP contribution is 2.32. The summed E-state index contributed by atoms with van der Waals surface area (Å²) in [5.74, 6) is 3.03. The highest BCUT2D eigenvalue weighted by Gasteiger charge is 2.21. The van der Waals surface area contributed by atoms with Crippen LogP contribution in [0.15, 0.2) is 4.99 Å². The minimum atomic E-state index is 0. The van der Waals surface area contributed by atoms with Crippen LogP contribution in [0, 0.1) is 11.8 Å². The smallest absolute Gasteiger partial charge is 0.193 e. The number of guanidine groups is 1. The van der Waals surface area contributed by atoms with E-state index in [9.17, 15) is 0 Å². The molecular formula is C14H28IN3. The van der Waals surface area contributed by atoms with Crippen LogP contribution in [0.5, 0.6) is 0 Å². The molecule has 0 unspecified atom stereocenters. The third kappa shape index (κ3) is 5.33. The molecule has 1 saturated heterocycles. The van der Waals surface area contributed by atoms with E-state index >= 15 is 0 Å². The molecule has 1 aliphatic heterocycles. The Morgan fingerprint density at radius 2 is 1.89 bits per heavy atom. The third-order valence-electron chi connectivity index (χ3n) is 3.91. The number of likely N-dealkylation sites (tertiary alicyclic amines) is 1. The topological polar surface area (TPSA) is 27.6 Å². The van der Waals surface area contributed by atoms with Crippen LogP contribution in [0.3, 0.4) is 0 Å². The van der Waals surface area contributed by atoms with Crippen LogP contribution in [0.1, 0.15) is 46.0 Å². The predicted molar refractivity (Wildman–Crippen MR) is 88.7 cm³/mol. The van der Waals surface area contributed by atoms with Crippen LogP contribution in [-0.4, -0.2) is 37.0 Å². The van der Waals surface area contributed by atoms with Gasteiger partial charge in [-0.15, -0.1) is 24.0 Å². The van der Waals surface area contributed by atoms with E-state index in [1.54, 1.807) is 0 Å². The predicted octanol–water partition coefficient (Wildman–Crippen LogP) is 3.10. The molecule has 1 heterocycles. The van der Waals surface area contributed by atoms with Gasteiger partial charge in [0.2, 0.25) is 0 Å². The number of aliphatic imine (C=N–C) groups is 1. The van der Waals surface area contributed by atoms with Crippen LogP contribution in [0.4, 0.5) is 0 Å². The summed E-state index contributed by atoms with van der Waals surface area (Å²) in [6, 6.07) is 0. The third-order valence-corrected chi connectivity index (χ3v) is 3.91. The van der Waals surface area contributed by atoms with Gasteiger partial charge in [-0.25, -0.2) is 0 Å². The molecule has 0 atom stereocenters. The molecule has 1 N–H and O–H groups in total. The lowest BCUT2D eigenvalue weighted by Crippen LogP contribution is -2.45. The molecule has 0 aromatic rings. The van der Waals surface area contributed by atoms with Crippen molar-refractivity contribution in [3.63, 3.8) is 0 Å². The largest absolute Gasteiger partial charge is 0.357 e. The highest BCUT2D eigenvalue weighted by atomic mass is 127. The Labute approximate surface area is 129 Å². The molecule has 0 spiro atoms. The summed E-state index contributed by atoms with van der Waals surface area (Å²) in [5, 5.41) is 3.44. The molecule has 1 saturated carbocycles. The second-order valence-electron chi connectivity index (χ2n) is 5.64. The summed E-state index contributed by atoms with van der Waals surface area (Å²) >= 11 is 0. The minimum Gasteiger partial charge on any atom is -0.357 e. The van der Waals surface area contributed by atoms with Gasteiger partial charge in [0.25, 0.3) is 0 Å². The van der Waals surface area contributed by atoms with Gasteiger partial charge < -0.3 is 10.2 Å². The first-order valence-corrected chi connectivity index (χ1v) is 7.33. The number of rotatable bonds is 4. The highest BCUT2D eigenvalue weighted by molar-refractivity contribution is 14.0. The van der Waals surface area contributed by atoms with Crippen molar-refractivity contribution in [2.45, 2.75) is 46.0 Å². The number of halogens is 1. The van der Waals surface area contributed by atoms with Crippen LogP contribution in [-0.2, 0) is 0 Å². The monoisotopic (exact) mass is 365 g/mol. The van der Waals surface area contributed by atoms with E-state index in [4.69, 9.17) is 4.99 Å². The molecule has 3 nitrogen and oxygen atoms in total. The minimum absolute atomic E-state index is 0. The summed E-state index contributed by atoms with van der Waals surface area (Å²) in [5.41, 5.74) is 0. The van der Waals surface area contributed by atoms with Crippen molar-refractivity contribution >= 4 is 29.9 Å². The normalized spacial score (nSPS) is 21.7. The van der Waals surface area contributed by atoms with E-state index in [2.05, 4.69) is 24.1 Å². The first kappa shape index (κ1) is 16.1. The number of nitrogens with one attached hydrogen (secondary N) is 1. The Morgan fingerprint density at radius 3 is 2.44 bits per heavy atom. The summed E-state index contributed by atoms with van der Waals surface area (Å²) in [7, 11) is 0. The molecule has 0 aromatic heterocycles. The van der Waals surface area contributed by atoms with Crippen molar-refractivity contribution < 1.29 is 0 Å². The fourth-order valence-electron chi connectivity index (χ4n) is 2.41. The number of nitrogens with zero attached hydrogens (tertiary/aromatic N) is 2. The van der Waals surface area contributed by atoms with Crippen molar-refractivity contribution in [1.82, 2.24) is 10.2 Å². The summed E-state index contributed by atoms with van der Waals surface area (Å²) in [4.78, 5) is 7.21. The number of hydrogen-bond donors (Lipinski definition) is 1. The van der Waals surface area contributed by atoms with Crippen LogP contribution < -0.4 is 5.32 Å². The fraction of sp³-hybridized carbons (Fsp3) is 0.929. The number of hydrogen-bond acceptors (Lipinski definition) is 1. The molecule has 0 bridgehead atoms. The molecule has 4 heteroatoms. The van der Waals surface area contributed by atoms with Crippen LogP contribution >= 0.6 is 24.0 Å². The van der Waals surface area contributed by atoms with E-state index in [0.717, 1.165) is 30.9 Å². The zero-order valence-electron chi connectivity index (χ0n) is 11.8. The lowest BCUT2D eigenvalue weighted by molar-refractivity contribution is 0.273. The van der Waals surface area contributed by atoms with Crippen molar-refractivity contribution in [3.8, 4) is 0 Å². The standard InChI is InChI=1S/C14H27N3.HI/c1-3-15-14(16-9-6-13-4-5-13)17-10-7-12(2)8-11-17;/h12-13H,3-11H2,1-2H3,(H,15,16);1H. The lowest BCUT2D eigenvalue weighted by Gasteiger charge is -2.33. The van der Waals surface area contributed by atoms with Gasteiger partial charge in [0, 0.05) is 26.2 Å². The van der Waals surface area contributed by atoms with Crippen molar-refractivity contribution in [2.24, 2.45) is 16.8 Å². The van der Waals surface area contributed by atoms with Crippen molar-refractivity contribution in [3.05, 3.63) is 0 Å². The second kappa shape index (κ2) is 8.23. The van der Waals surface area contributed by atoms with Crippen LogP contribution in [0.25, 0.3) is 0 Å². The second-order valence-corrected chi connectivity index (χ2v) is 5.64. The molecule has 0 aromatic carbocycles. The number of piperidine rings is 1. The maximum atomic E-state index is 4.77. The summed E-state index contributed by atoms with van der Waals surface area (Å²) in [6.07, 6.45) is 6.79. The van der Waals surface area contributed by atoms with E-state index < -0.39 is 0 Å². The first-order chi connectivity index (χ1) is 8.29. The van der Waals surface area contributed by atoms with E-state index in [0.29, 0.717) is 0 Å². The summed E-state index contributed by atoms with van der Waals surface area (Å²) < 4.78 is 0. The zero-order chi connectivity index (χ0) is 12.1. The fourth-order valence-corrected chi connectivity index (χ4v) is 2.41. The Hall–Kier alpha value is 0. The maximum absolute atomic E-state index is 4.77. The molecule has 18 heavy (non-hydrogen) atoms. The van der Waals surface area contributed by atoms with Gasteiger partial charge in [-0.1, -0.05) is 19.8 Å². The first-order valence-electron chi connectivity index (χ1n) is 7.33. The molecule has 2 fully saturated rings. The zero-order valence-corrected chi connectivity index (χ0v) is 14.2. The molecule has 2 aliphatic rings. The Balaban J connectivity index is 0.00000162. The van der Waals surface area contributed by atoms with Gasteiger partial charge in [0.15, 0.2) is 5.96 Å². The molecule has 0 amide bonds. The average Bonchev–Trinajstić information content (AvgIpc) is 3.13. The van der Waals surface area contributed by atoms with Gasteiger partial charge in [-0.3, -0.25) is 4.99 Å². The van der Waals surface area contributed by atoms with Crippen molar-refractivity contribution in [2.75, 3.05) is 26.2 Å². The summed E-state index contributed by atoms with van der Waals surface area (Å²) in [6.45, 7) is 8.86. The lowest BCUT2D eigenvalue weighted by atomic mass is 10.00. The quantitative estimate of drug-likeness (QED) is 0.471. The Bertz CT molecular complexity index is 256. The molecule has 106 valence electrons. The molecule has 2 rings (SSSR count). The Kier molecular flexibility index (Phi) is 7.34. The van der Waals surface area contributed by atoms with Gasteiger partial charge >= 0.3 is 0 Å². The molecule has 1 aliphatic carbocycles. The molecular weight excluding hydrogens is 337 g/mol. The Morgan fingerprint density at radius 1 is 1.22 bits per heavy atom. The SMILES string of the molecule is CCNC(=NCCC1CC1)N1CCC(C)CC1.I. The van der Waals surface area contributed by atoms with Gasteiger partial charge in [-0.05, 0) is 38.0 Å². The average molecular weight is 365 g/mol. The molecule has 0 radical (unpaired) electrons. The van der Waals surface area contributed by atoms with E-state index in [1.165, 1.54) is 45.2 Å². The van der Waals surface area contributed by atoms with Gasteiger partial charge in [0.05, 0.1) is 0 Å².